The van der Waals surface area contributed by atoms with Crippen LogP contribution in [-0.2, 0) is 11.2 Å². The highest BCUT2D eigenvalue weighted by molar-refractivity contribution is 9.10. The van der Waals surface area contributed by atoms with E-state index in [-0.39, 0.29) is 5.91 Å². The third kappa shape index (κ3) is 2.81. The van der Waals surface area contributed by atoms with Gasteiger partial charge >= 0.3 is 0 Å². The van der Waals surface area contributed by atoms with E-state index in [1.807, 2.05) is 12.1 Å². The van der Waals surface area contributed by atoms with Crippen molar-refractivity contribution in [3.63, 3.8) is 0 Å². The summed E-state index contributed by atoms with van der Waals surface area (Å²) in [5.74, 6) is -0.0283. The van der Waals surface area contributed by atoms with Gasteiger partial charge in [0.15, 0.2) is 0 Å². The van der Waals surface area contributed by atoms with Crippen LogP contribution in [0.5, 0.6) is 0 Å². The number of amides is 1. The molecule has 0 radical (unpaired) electrons. The van der Waals surface area contributed by atoms with E-state index in [1.54, 1.807) is 18.2 Å². The van der Waals surface area contributed by atoms with E-state index < -0.39 is 6.04 Å². The Morgan fingerprint density at radius 1 is 1.19 bits per heavy atom. The summed E-state index contributed by atoms with van der Waals surface area (Å²) in [6.45, 7) is 0. The molecule has 0 spiro atoms. The molecule has 0 bridgehead atoms. The second-order valence-electron chi connectivity index (χ2n) is 4.90. The van der Waals surface area contributed by atoms with Crippen LogP contribution in [-0.4, -0.2) is 5.91 Å². The molecule has 1 aliphatic heterocycles. The van der Waals surface area contributed by atoms with Crippen molar-refractivity contribution in [2.45, 2.75) is 12.5 Å². The minimum atomic E-state index is -0.398. The Kier molecular flexibility index (Phi) is 3.97. The van der Waals surface area contributed by atoms with Crippen molar-refractivity contribution in [2.24, 2.45) is 5.73 Å². The second-order valence-corrected chi connectivity index (χ2v) is 6.60. The Labute approximate surface area is 140 Å². The Morgan fingerprint density at radius 3 is 2.67 bits per heavy atom. The number of rotatable bonds is 2. The predicted octanol–water partition coefficient (Wildman–Crippen LogP) is 4.30. The van der Waals surface area contributed by atoms with Crippen LogP contribution in [0.4, 0.5) is 5.69 Å². The molecule has 1 heterocycles. The maximum absolute atomic E-state index is 11.4. The molecule has 1 unspecified atom stereocenters. The number of nitrogens with one attached hydrogen (secondary N) is 1. The number of anilines is 1. The lowest BCUT2D eigenvalue weighted by Gasteiger charge is -2.17. The summed E-state index contributed by atoms with van der Waals surface area (Å²) >= 11 is 15.7. The summed E-state index contributed by atoms with van der Waals surface area (Å²) < 4.78 is 0.827. The molecule has 0 saturated heterocycles. The molecule has 3 N–H and O–H groups in total. The van der Waals surface area contributed by atoms with Crippen LogP contribution in [0, 0.1) is 0 Å². The molecule has 108 valence electrons. The molecule has 1 amide bonds. The van der Waals surface area contributed by atoms with Gasteiger partial charge in [0.2, 0.25) is 5.91 Å². The number of nitrogens with two attached hydrogens (primary N) is 1. The van der Waals surface area contributed by atoms with Crippen LogP contribution >= 0.6 is 39.1 Å². The first-order valence-electron chi connectivity index (χ1n) is 6.28. The number of carbonyl (C=O) groups excluding carboxylic acids is 1. The Morgan fingerprint density at radius 2 is 1.95 bits per heavy atom. The number of hydrogen-bond acceptors (Lipinski definition) is 2. The molecule has 3 rings (SSSR count). The Hall–Kier alpha value is -1.07. The summed E-state index contributed by atoms with van der Waals surface area (Å²) in [7, 11) is 0. The first kappa shape index (κ1) is 14.9. The zero-order valence-corrected chi connectivity index (χ0v) is 13.9. The molecule has 1 atom stereocenters. The number of benzene rings is 2. The lowest BCUT2D eigenvalue weighted by Crippen LogP contribution is -2.13. The molecular weight excluding hydrogens is 375 g/mol. The third-order valence-corrected chi connectivity index (χ3v) is 4.73. The Balaban J connectivity index is 2.04. The standard InChI is InChI=1S/C15H11BrCl2N2O/c16-11-5-8(17)1-2-9(11)15(19)10-3-7-4-14(21)20-13(7)6-12(10)18/h1-3,5-6,15H,4,19H2,(H,20,21). The Bertz CT molecular complexity index is 749. The van der Waals surface area contributed by atoms with Gasteiger partial charge in [-0.25, -0.2) is 0 Å². The van der Waals surface area contributed by atoms with E-state index >= 15 is 0 Å². The van der Waals surface area contributed by atoms with E-state index in [0.717, 1.165) is 26.9 Å². The largest absolute Gasteiger partial charge is 0.325 e. The summed E-state index contributed by atoms with van der Waals surface area (Å²) in [5.41, 5.74) is 9.69. The monoisotopic (exact) mass is 384 g/mol. The maximum atomic E-state index is 11.4. The van der Waals surface area contributed by atoms with Crippen LogP contribution in [0.15, 0.2) is 34.8 Å². The summed E-state index contributed by atoms with van der Waals surface area (Å²) in [6, 6.07) is 8.69. The average molecular weight is 386 g/mol. The van der Waals surface area contributed by atoms with Crippen molar-refractivity contribution < 1.29 is 4.79 Å². The van der Waals surface area contributed by atoms with Crippen molar-refractivity contribution in [1.29, 1.82) is 0 Å². The fourth-order valence-corrected chi connectivity index (χ4v) is 3.64. The van der Waals surface area contributed by atoms with Gasteiger partial charge in [0.25, 0.3) is 0 Å². The quantitative estimate of drug-likeness (QED) is 0.809. The fourth-order valence-electron chi connectivity index (χ4n) is 2.43. The van der Waals surface area contributed by atoms with Gasteiger partial charge in [-0.05, 0) is 41.0 Å². The summed E-state index contributed by atoms with van der Waals surface area (Å²) in [5, 5.41) is 3.94. The van der Waals surface area contributed by atoms with Crippen LogP contribution in [0.2, 0.25) is 10.0 Å². The SMILES string of the molecule is NC(c1cc2c(cc1Cl)NC(=O)C2)c1ccc(Cl)cc1Br. The molecule has 2 aromatic rings. The van der Waals surface area contributed by atoms with Crippen LogP contribution in [0.25, 0.3) is 0 Å². The highest BCUT2D eigenvalue weighted by Crippen LogP contribution is 2.36. The lowest BCUT2D eigenvalue weighted by atomic mass is 9.97. The van der Waals surface area contributed by atoms with Gasteiger partial charge in [0.1, 0.15) is 0 Å². The van der Waals surface area contributed by atoms with Crippen molar-refractivity contribution in [1.82, 2.24) is 0 Å². The van der Waals surface area contributed by atoms with Crippen LogP contribution in [0.1, 0.15) is 22.7 Å². The number of hydrogen-bond donors (Lipinski definition) is 2. The molecule has 1 aliphatic rings. The summed E-state index contributed by atoms with van der Waals surface area (Å²) in [6.07, 6.45) is 0.355. The van der Waals surface area contributed by atoms with Crippen molar-refractivity contribution in [2.75, 3.05) is 5.32 Å². The van der Waals surface area contributed by atoms with Gasteiger partial charge in [-0.1, -0.05) is 45.2 Å². The lowest BCUT2D eigenvalue weighted by molar-refractivity contribution is -0.115. The van der Waals surface area contributed by atoms with Gasteiger partial charge in [0.05, 0.1) is 12.5 Å². The molecule has 2 aromatic carbocycles. The summed E-state index contributed by atoms with van der Waals surface area (Å²) in [4.78, 5) is 11.4. The zero-order chi connectivity index (χ0) is 15.1. The molecule has 0 aromatic heterocycles. The van der Waals surface area contributed by atoms with Crippen LogP contribution in [0.3, 0.4) is 0 Å². The maximum Gasteiger partial charge on any atom is 0.228 e. The third-order valence-electron chi connectivity index (χ3n) is 3.48. The molecule has 21 heavy (non-hydrogen) atoms. The molecule has 3 nitrogen and oxygen atoms in total. The molecular formula is C15H11BrCl2N2O. The normalized spacial score (nSPS) is 14.8. The van der Waals surface area contributed by atoms with E-state index in [1.165, 1.54) is 0 Å². The van der Waals surface area contributed by atoms with Gasteiger partial charge in [0, 0.05) is 20.2 Å². The second kappa shape index (κ2) is 5.61. The van der Waals surface area contributed by atoms with Crippen LogP contribution < -0.4 is 11.1 Å². The minimum Gasteiger partial charge on any atom is -0.325 e. The van der Waals surface area contributed by atoms with Crippen molar-refractivity contribution in [3.8, 4) is 0 Å². The van der Waals surface area contributed by atoms with Crippen molar-refractivity contribution >= 4 is 50.7 Å². The van der Waals surface area contributed by atoms with E-state index in [2.05, 4.69) is 21.2 Å². The molecule has 0 aliphatic carbocycles. The van der Waals surface area contributed by atoms with Gasteiger partial charge in [-0.2, -0.15) is 0 Å². The van der Waals surface area contributed by atoms with E-state index in [4.69, 9.17) is 28.9 Å². The number of halogens is 3. The first-order chi connectivity index (χ1) is 9.95. The van der Waals surface area contributed by atoms with E-state index in [9.17, 15) is 4.79 Å². The highest BCUT2D eigenvalue weighted by atomic mass is 79.9. The average Bonchev–Trinajstić information content (AvgIpc) is 2.76. The number of carbonyl (C=O) groups is 1. The number of fused-ring (bicyclic) bond motifs is 1. The molecule has 0 fully saturated rings. The van der Waals surface area contributed by atoms with E-state index in [0.29, 0.717) is 16.5 Å². The molecule has 6 heteroatoms. The first-order valence-corrected chi connectivity index (χ1v) is 7.83. The fraction of sp³-hybridized carbons (Fsp3) is 0.133. The minimum absolute atomic E-state index is 0.0283. The van der Waals surface area contributed by atoms with Gasteiger partial charge in [-0.15, -0.1) is 0 Å². The highest BCUT2D eigenvalue weighted by Gasteiger charge is 2.23. The topological polar surface area (TPSA) is 55.1 Å². The zero-order valence-electron chi connectivity index (χ0n) is 10.8. The smallest absolute Gasteiger partial charge is 0.228 e. The molecule has 0 saturated carbocycles. The van der Waals surface area contributed by atoms with Gasteiger partial charge < -0.3 is 11.1 Å². The van der Waals surface area contributed by atoms with Crippen molar-refractivity contribution in [3.05, 3.63) is 61.5 Å². The van der Waals surface area contributed by atoms with Gasteiger partial charge in [-0.3, -0.25) is 4.79 Å². The predicted molar refractivity (Wildman–Crippen MR) is 89.0 cm³/mol.